The molecular formula is C21H26Cl2N4O2S. The third kappa shape index (κ3) is 6.12. The number of halogens is 2. The van der Waals surface area contributed by atoms with Crippen molar-refractivity contribution in [1.29, 1.82) is 0 Å². The summed E-state index contributed by atoms with van der Waals surface area (Å²) in [5.41, 5.74) is 13.8. The summed E-state index contributed by atoms with van der Waals surface area (Å²) in [4.78, 5) is 28.1. The van der Waals surface area contributed by atoms with Gasteiger partial charge in [0.25, 0.3) is 5.91 Å². The largest absolute Gasteiger partial charge is 0.319 e. The molecule has 9 heteroatoms. The summed E-state index contributed by atoms with van der Waals surface area (Å²) in [7, 11) is 0. The quantitative estimate of drug-likeness (QED) is 0.563. The highest BCUT2D eigenvalue weighted by Gasteiger charge is 2.29. The number of carbonyl (C=O) groups excluding carboxylic acids is 2. The van der Waals surface area contributed by atoms with E-state index in [1.165, 1.54) is 11.8 Å². The van der Waals surface area contributed by atoms with Gasteiger partial charge in [0.1, 0.15) is 0 Å². The first-order chi connectivity index (χ1) is 13.8. The number of nitrogens with two attached hydrogens (primary N) is 1. The number of carbonyl (C=O) groups is 2. The van der Waals surface area contributed by atoms with Crippen LogP contribution in [-0.2, 0) is 11.3 Å². The number of hydrazine groups is 1. The predicted octanol–water partition coefficient (Wildman–Crippen LogP) is 3.62. The number of rotatable bonds is 6. The van der Waals surface area contributed by atoms with Crippen molar-refractivity contribution in [2.24, 2.45) is 11.7 Å². The molecule has 0 spiro atoms. The first-order valence-electron chi connectivity index (χ1n) is 9.46. The number of nitrogens with zero attached hydrogens (tertiary/aromatic N) is 1. The molecule has 0 aliphatic carbocycles. The molecule has 2 amide bonds. The molecule has 3 rings (SSSR count). The molecule has 2 aromatic carbocycles. The molecule has 0 saturated carbocycles. The van der Waals surface area contributed by atoms with Crippen LogP contribution < -0.4 is 21.5 Å². The van der Waals surface area contributed by atoms with E-state index in [0.717, 1.165) is 10.5 Å². The van der Waals surface area contributed by atoms with Gasteiger partial charge in [-0.05, 0) is 41.8 Å². The highest BCUT2D eigenvalue weighted by molar-refractivity contribution is 7.99. The second kappa shape index (κ2) is 11.0. The number of thioether (sulfide) groups is 1. The third-order valence-corrected chi connectivity index (χ3v) is 5.91. The Kier molecular flexibility index (Phi) is 9.00. The van der Waals surface area contributed by atoms with Crippen LogP contribution in [0.2, 0.25) is 5.02 Å². The van der Waals surface area contributed by atoms with E-state index < -0.39 is 6.04 Å². The lowest BCUT2D eigenvalue weighted by atomic mass is 10.1. The van der Waals surface area contributed by atoms with Crippen molar-refractivity contribution < 1.29 is 9.59 Å². The molecule has 1 aliphatic rings. The van der Waals surface area contributed by atoms with E-state index in [1.54, 1.807) is 29.2 Å². The van der Waals surface area contributed by atoms with Crippen LogP contribution in [0.25, 0.3) is 0 Å². The minimum absolute atomic E-state index is 0. The minimum Gasteiger partial charge on any atom is -0.319 e. The third-order valence-electron chi connectivity index (χ3n) is 4.48. The molecule has 30 heavy (non-hydrogen) atoms. The maximum atomic E-state index is 13.0. The molecule has 6 nitrogen and oxygen atoms in total. The molecule has 1 atom stereocenters. The fourth-order valence-corrected chi connectivity index (χ4v) is 4.01. The monoisotopic (exact) mass is 468 g/mol. The highest BCUT2D eigenvalue weighted by Crippen LogP contribution is 2.36. The first kappa shape index (κ1) is 24.5. The van der Waals surface area contributed by atoms with Crippen molar-refractivity contribution in [2.75, 3.05) is 17.2 Å². The molecule has 0 radical (unpaired) electrons. The second-order valence-corrected chi connectivity index (χ2v) is 8.88. The van der Waals surface area contributed by atoms with Gasteiger partial charge in [-0.25, -0.2) is 5.43 Å². The van der Waals surface area contributed by atoms with Crippen LogP contribution in [0.5, 0.6) is 0 Å². The topological polar surface area (TPSA) is 87.5 Å². The van der Waals surface area contributed by atoms with Crippen LogP contribution >= 0.6 is 35.8 Å². The standard InChI is InChI=1S/C21H25ClN4O2S.ClH/c1-13(2)10-24-25-20(27)15-5-8-19-18(9-15)26(21(28)17(23)12-29-19)11-14-3-6-16(22)7-4-14;/h3-9,13,17,24H,10-12,23H2,1-2H3,(H,25,27);1H/t17-;/m0./s1. The van der Waals surface area contributed by atoms with Gasteiger partial charge in [0.05, 0.1) is 18.3 Å². The smallest absolute Gasteiger partial charge is 0.265 e. The Morgan fingerprint density at radius 1 is 1.27 bits per heavy atom. The Labute approximate surface area is 192 Å². The number of hydrogen-bond acceptors (Lipinski definition) is 5. The SMILES string of the molecule is CC(C)CNNC(=O)c1ccc2c(c1)N(Cc1ccc(Cl)cc1)C(=O)[C@@H](N)CS2.Cl. The number of nitrogens with one attached hydrogen (secondary N) is 2. The number of hydrogen-bond donors (Lipinski definition) is 3. The lowest BCUT2D eigenvalue weighted by molar-refractivity contribution is -0.119. The Morgan fingerprint density at radius 2 is 1.97 bits per heavy atom. The first-order valence-corrected chi connectivity index (χ1v) is 10.8. The van der Waals surface area contributed by atoms with Crippen LogP contribution in [0, 0.1) is 5.92 Å². The molecule has 0 fully saturated rings. The van der Waals surface area contributed by atoms with Gasteiger partial charge in [0, 0.05) is 27.8 Å². The van der Waals surface area contributed by atoms with Gasteiger partial charge in [0.15, 0.2) is 0 Å². The second-order valence-electron chi connectivity index (χ2n) is 7.38. The summed E-state index contributed by atoms with van der Waals surface area (Å²) in [6, 6.07) is 12.1. The molecule has 2 aromatic rings. The highest BCUT2D eigenvalue weighted by atomic mass is 35.5. The summed E-state index contributed by atoms with van der Waals surface area (Å²) in [6.07, 6.45) is 0. The zero-order valence-corrected chi connectivity index (χ0v) is 19.2. The van der Waals surface area contributed by atoms with Crippen molar-refractivity contribution in [3.8, 4) is 0 Å². The van der Waals surface area contributed by atoms with Gasteiger partial charge >= 0.3 is 0 Å². The summed E-state index contributed by atoms with van der Waals surface area (Å²) < 4.78 is 0. The molecule has 0 bridgehead atoms. The fourth-order valence-electron chi connectivity index (χ4n) is 2.90. The summed E-state index contributed by atoms with van der Waals surface area (Å²) in [6.45, 7) is 5.14. The lowest BCUT2D eigenvalue weighted by Crippen LogP contribution is -2.44. The Bertz CT molecular complexity index is 893. The van der Waals surface area contributed by atoms with Crippen LogP contribution in [0.3, 0.4) is 0 Å². The molecule has 0 unspecified atom stereocenters. The van der Waals surface area contributed by atoms with Crippen molar-refractivity contribution in [3.63, 3.8) is 0 Å². The van der Waals surface area contributed by atoms with Crippen LogP contribution in [0.15, 0.2) is 47.4 Å². The minimum atomic E-state index is -0.607. The van der Waals surface area contributed by atoms with Gasteiger partial charge in [-0.3, -0.25) is 15.0 Å². The molecular weight excluding hydrogens is 443 g/mol. The van der Waals surface area contributed by atoms with Gasteiger partial charge in [-0.15, -0.1) is 24.2 Å². The Balaban J connectivity index is 0.00000320. The van der Waals surface area contributed by atoms with E-state index in [2.05, 4.69) is 24.7 Å². The van der Waals surface area contributed by atoms with Gasteiger partial charge in [0.2, 0.25) is 5.91 Å². The van der Waals surface area contributed by atoms with E-state index >= 15 is 0 Å². The lowest BCUT2D eigenvalue weighted by Gasteiger charge is -2.25. The van der Waals surface area contributed by atoms with Gasteiger partial charge in [-0.2, -0.15) is 0 Å². The maximum absolute atomic E-state index is 13.0. The van der Waals surface area contributed by atoms with Crippen molar-refractivity contribution >= 4 is 53.3 Å². The van der Waals surface area contributed by atoms with Gasteiger partial charge < -0.3 is 10.6 Å². The van der Waals surface area contributed by atoms with Crippen LogP contribution in [-0.4, -0.2) is 30.2 Å². The van der Waals surface area contributed by atoms with Gasteiger partial charge in [-0.1, -0.05) is 37.6 Å². The summed E-state index contributed by atoms with van der Waals surface area (Å²) in [5, 5.41) is 0.636. The molecule has 4 N–H and O–H groups in total. The van der Waals surface area contributed by atoms with Crippen molar-refractivity contribution in [3.05, 3.63) is 58.6 Å². The molecule has 0 aromatic heterocycles. The maximum Gasteiger partial charge on any atom is 0.265 e. The number of benzene rings is 2. The van der Waals surface area contributed by atoms with Crippen LogP contribution in [0.1, 0.15) is 29.8 Å². The van der Waals surface area contributed by atoms with Crippen molar-refractivity contribution in [1.82, 2.24) is 10.9 Å². The predicted molar refractivity (Wildman–Crippen MR) is 125 cm³/mol. The number of fused-ring (bicyclic) bond motifs is 1. The zero-order chi connectivity index (χ0) is 21.0. The average Bonchev–Trinajstić information content (AvgIpc) is 2.81. The Hall–Kier alpha value is -1.77. The normalized spacial score (nSPS) is 16.0. The molecule has 1 aliphatic heterocycles. The van der Waals surface area contributed by atoms with E-state index in [-0.39, 0.29) is 24.2 Å². The van der Waals surface area contributed by atoms with Crippen LogP contribution in [0.4, 0.5) is 5.69 Å². The number of amides is 2. The Morgan fingerprint density at radius 3 is 2.63 bits per heavy atom. The van der Waals surface area contributed by atoms with E-state index in [0.29, 0.717) is 41.0 Å². The van der Waals surface area contributed by atoms with Crippen molar-refractivity contribution in [2.45, 2.75) is 31.3 Å². The average molecular weight is 469 g/mol. The molecule has 0 saturated heterocycles. The fraction of sp³-hybridized carbons (Fsp3) is 0.333. The summed E-state index contributed by atoms with van der Waals surface area (Å²) >= 11 is 7.50. The molecule has 162 valence electrons. The van der Waals surface area contributed by atoms with E-state index in [9.17, 15) is 9.59 Å². The number of anilines is 1. The zero-order valence-electron chi connectivity index (χ0n) is 16.9. The van der Waals surface area contributed by atoms with E-state index in [4.69, 9.17) is 17.3 Å². The summed E-state index contributed by atoms with van der Waals surface area (Å²) in [5.74, 6) is 0.491. The molecule has 1 heterocycles. The van der Waals surface area contributed by atoms with E-state index in [1.807, 2.05) is 18.2 Å².